The minimum atomic E-state index is -0.478. The van der Waals surface area contributed by atoms with E-state index in [-0.39, 0.29) is 30.0 Å². The van der Waals surface area contributed by atoms with E-state index in [1.807, 2.05) is 11.4 Å². The Kier molecular flexibility index (Phi) is 3.91. The van der Waals surface area contributed by atoms with Crippen molar-refractivity contribution in [2.24, 2.45) is 0 Å². The number of amides is 2. The van der Waals surface area contributed by atoms with Crippen molar-refractivity contribution in [1.29, 1.82) is 0 Å². The lowest BCUT2D eigenvalue weighted by molar-refractivity contribution is -0.135. The molecule has 2 unspecified atom stereocenters. The van der Waals surface area contributed by atoms with Crippen LogP contribution in [0.3, 0.4) is 0 Å². The molecule has 0 spiro atoms. The zero-order chi connectivity index (χ0) is 15.0. The first kappa shape index (κ1) is 14.4. The number of rotatable bonds is 2. The Hall–Kier alpha value is -1.53. The summed E-state index contributed by atoms with van der Waals surface area (Å²) in [4.78, 5) is 24.9. The fourth-order valence-corrected chi connectivity index (χ4v) is 4.19. The SMILES string of the molecule is O=C1CC(c2cc(Br)cs2)C(c2ccc(F)cc2)C(=O)N1. The third kappa shape index (κ3) is 2.91. The summed E-state index contributed by atoms with van der Waals surface area (Å²) in [6.07, 6.45) is 0.251. The van der Waals surface area contributed by atoms with E-state index in [0.717, 1.165) is 14.9 Å². The van der Waals surface area contributed by atoms with Crippen molar-refractivity contribution in [2.75, 3.05) is 0 Å². The highest BCUT2D eigenvalue weighted by Crippen LogP contribution is 2.41. The van der Waals surface area contributed by atoms with E-state index in [9.17, 15) is 14.0 Å². The maximum atomic E-state index is 13.1. The second kappa shape index (κ2) is 5.69. The van der Waals surface area contributed by atoms with Crippen LogP contribution in [0.25, 0.3) is 0 Å². The molecular formula is C15H11BrFNO2S. The quantitative estimate of drug-likeness (QED) is 0.824. The number of halogens is 2. The maximum Gasteiger partial charge on any atom is 0.234 e. The van der Waals surface area contributed by atoms with Crippen LogP contribution >= 0.6 is 27.3 Å². The number of nitrogens with one attached hydrogen (secondary N) is 1. The molecule has 3 rings (SSSR count). The summed E-state index contributed by atoms with van der Waals surface area (Å²) < 4.78 is 14.0. The molecule has 1 fully saturated rings. The van der Waals surface area contributed by atoms with E-state index >= 15 is 0 Å². The molecule has 108 valence electrons. The Morgan fingerprint density at radius 2 is 1.95 bits per heavy atom. The Morgan fingerprint density at radius 1 is 1.24 bits per heavy atom. The van der Waals surface area contributed by atoms with Gasteiger partial charge in [-0.2, -0.15) is 0 Å². The molecule has 2 aromatic rings. The highest BCUT2D eigenvalue weighted by atomic mass is 79.9. The van der Waals surface area contributed by atoms with Gasteiger partial charge in [0.15, 0.2) is 0 Å². The van der Waals surface area contributed by atoms with Gasteiger partial charge < -0.3 is 0 Å². The van der Waals surface area contributed by atoms with Crippen LogP contribution in [-0.4, -0.2) is 11.8 Å². The molecule has 3 nitrogen and oxygen atoms in total. The van der Waals surface area contributed by atoms with Crippen molar-refractivity contribution in [3.63, 3.8) is 0 Å². The zero-order valence-electron chi connectivity index (χ0n) is 10.8. The molecule has 2 amide bonds. The normalized spacial score (nSPS) is 22.2. The van der Waals surface area contributed by atoms with Gasteiger partial charge in [0.25, 0.3) is 0 Å². The lowest BCUT2D eigenvalue weighted by atomic mass is 9.79. The Labute approximate surface area is 133 Å². The van der Waals surface area contributed by atoms with E-state index in [4.69, 9.17) is 0 Å². The largest absolute Gasteiger partial charge is 0.296 e. The predicted molar refractivity (Wildman–Crippen MR) is 81.7 cm³/mol. The lowest BCUT2D eigenvalue weighted by Crippen LogP contribution is -2.43. The fourth-order valence-electron chi connectivity index (χ4n) is 2.61. The van der Waals surface area contributed by atoms with Crippen molar-refractivity contribution >= 4 is 39.1 Å². The number of hydrogen-bond acceptors (Lipinski definition) is 3. The molecule has 1 saturated heterocycles. The van der Waals surface area contributed by atoms with Crippen molar-refractivity contribution in [3.8, 4) is 0 Å². The van der Waals surface area contributed by atoms with Crippen molar-refractivity contribution in [2.45, 2.75) is 18.3 Å². The van der Waals surface area contributed by atoms with Crippen molar-refractivity contribution in [3.05, 3.63) is 56.4 Å². The third-order valence-electron chi connectivity index (χ3n) is 3.54. The summed E-state index contributed by atoms with van der Waals surface area (Å²) in [6, 6.07) is 7.80. The molecule has 1 N–H and O–H groups in total. The smallest absolute Gasteiger partial charge is 0.234 e. The van der Waals surface area contributed by atoms with Crippen LogP contribution < -0.4 is 5.32 Å². The van der Waals surface area contributed by atoms with Gasteiger partial charge in [-0.3, -0.25) is 14.9 Å². The minimum Gasteiger partial charge on any atom is -0.296 e. The highest BCUT2D eigenvalue weighted by Gasteiger charge is 2.38. The average Bonchev–Trinajstić information content (AvgIpc) is 2.86. The molecule has 0 saturated carbocycles. The molecule has 1 aromatic carbocycles. The van der Waals surface area contributed by atoms with E-state index < -0.39 is 5.92 Å². The van der Waals surface area contributed by atoms with Gasteiger partial charge in [-0.25, -0.2) is 4.39 Å². The molecule has 0 bridgehead atoms. The van der Waals surface area contributed by atoms with Gasteiger partial charge in [0.05, 0.1) is 5.92 Å². The van der Waals surface area contributed by atoms with Crippen LogP contribution in [0.2, 0.25) is 0 Å². The first-order valence-electron chi connectivity index (χ1n) is 6.37. The highest BCUT2D eigenvalue weighted by molar-refractivity contribution is 9.10. The van der Waals surface area contributed by atoms with Crippen LogP contribution in [0.5, 0.6) is 0 Å². The van der Waals surface area contributed by atoms with E-state index in [0.29, 0.717) is 0 Å². The van der Waals surface area contributed by atoms with Crippen LogP contribution in [0, 0.1) is 5.82 Å². The molecular weight excluding hydrogens is 357 g/mol. The summed E-state index contributed by atoms with van der Waals surface area (Å²) in [6.45, 7) is 0. The molecule has 2 atom stereocenters. The average molecular weight is 368 g/mol. The second-order valence-corrected chi connectivity index (χ2v) is 6.78. The standard InChI is InChI=1S/C15H11BrFNO2S/c16-9-5-12(21-7-9)11-6-13(19)18-15(20)14(11)8-1-3-10(17)4-2-8/h1-5,7,11,14H,6H2,(H,18,19,20). The van der Waals surface area contributed by atoms with E-state index in [2.05, 4.69) is 21.2 Å². The zero-order valence-corrected chi connectivity index (χ0v) is 13.2. The Balaban J connectivity index is 2.02. The first-order chi connectivity index (χ1) is 10.0. The summed E-state index contributed by atoms with van der Waals surface area (Å²) in [7, 11) is 0. The topological polar surface area (TPSA) is 46.2 Å². The second-order valence-electron chi connectivity index (χ2n) is 4.92. The number of carbonyl (C=O) groups excluding carboxylic acids is 2. The molecule has 6 heteroatoms. The Morgan fingerprint density at radius 3 is 2.57 bits per heavy atom. The van der Waals surface area contributed by atoms with Crippen molar-refractivity contribution < 1.29 is 14.0 Å². The molecule has 0 radical (unpaired) electrons. The number of imide groups is 1. The van der Waals surface area contributed by atoms with Gasteiger partial charge in [0.1, 0.15) is 5.82 Å². The molecule has 0 aliphatic carbocycles. The number of piperidine rings is 1. The fraction of sp³-hybridized carbons (Fsp3) is 0.200. The molecule has 21 heavy (non-hydrogen) atoms. The van der Waals surface area contributed by atoms with Crippen LogP contribution in [-0.2, 0) is 9.59 Å². The third-order valence-corrected chi connectivity index (χ3v) is 5.36. The van der Waals surface area contributed by atoms with E-state index in [1.165, 1.54) is 23.5 Å². The van der Waals surface area contributed by atoms with Crippen molar-refractivity contribution in [1.82, 2.24) is 5.32 Å². The maximum absolute atomic E-state index is 13.1. The molecule has 2 heterocycles. The molecule has 1 aliphatic rings. The summed E-state index contributed by atoms with van der Waals surface area (Å²) in [5, 5.41) is 4.29. The molecule has 1 aliphatic heterocycles. The Bertz CT molecular complexity index is 698. The van der Waals surface area contributed by atoms with Gasteiger partial charge in [-0.1, -0.05) is 12.1 Å². The predicted octanol–water partition coefficient (Wildman–Crippen LogP) is 3.56. The van der Waals surface area contributed by atoms with Gasteiger partial charge in [0.2, 0.25) is 11.8 Å². The minimum absolute atomic E-state index is 0.215. The number of carbonyl (C=O) groups is 2. The summed E-state index contributed by atoms with van der Waals surface area (Å²) >= 11 is 4.90. The van der Waals surface area contributed by atoms with Crippen LogP contribution in [0.4, 0.5) is 4.39 Å². The van der Waals surface area contributed by atoms with Gasteiger partial charge in [-0.15, -0.1) is 11.3 Å². The first-order valence-corrected chi connectivity index (χ1v) is 8.05. The van der Waals surface area contributed by atoms with Crippen LogP contribution in [0.1, 0.15) is 28.7 Å². The number of hydrogen-bond donors (Lipinski definition) is 1. The number of thiophene rings is 1. The number of benzene rings is 1. The van der Waals surface area contributed by atoms with Gasteiger partial charge in [-0.05, 0) is 39.7 Å². The summed E-state index contributed by atoms with van der Waals surface area (Å²) in [5.41, 5.74) is 0.718. The monoisotopic (exact) mass is 367 g/mol. The van der Waals surface area contributed by atoms with Gasteiger partial charge >= 0.3 is 0 Å². The summed E-state index contributed by atoms with van der Waals surface area (Å²) in [5.74, 6) is -1.64. The van der Waals surface area contributed by atoms with Gasteiger partial charge in [0, 0.05) is 27.1 Å². The molecule has 1 aromatic heterocycles. The lowest BCUT2D eigenvalue weighted by Gasteiger charge is -2.29. The van der Waals surface area contributed by atoms with E-state index in [1.54, 1.807) is 12.1 Å². The van der Waals surface area contributed by atoms with Crippen LogP contribution in [0.15, 0.2) is 40.2 Å².